The lowest BCUT2D eigenvalue weighted by molar-refractivity contribution is -0.155. The monoisotopic (exact) mass is 202 g/mol. The largest absolute Gasteiger partial charge is 0.464 e. The maximum atomic E-state index is 11.1. The highest BCUT2D eigenvalue weighted by Gasteiger charge is 2.13. The molecule has 0 saturated heterocycles. The third-order valence-electron chi connectivity index (χ3n) is 1.98. The van der Waals surface area contributed by atoms with Crippen LogP contribution in [0.1, 0.15) is 46.5 Å². The van der Waals surface area contributed by atoms with Gasteiger partial charge in [-0.2, -0.15) is 0 Å². The van der Waals surface area contributed by atoms with Gasteiger partial charge in [0.1, 0.15) is 0 Å². The molecule has 0 aromatic rings. The molecule has 1 atom stereocenters. The molecule has 0 heterocycles. The first-order chi connectivity index (χ1) is 6.72. The summed E-state index contributed by atoms with van der Waals surface area (Å²) in [6.07, 6.45) is 4.23. The van der Waals surface area contributed by atoms with E-state index in [4.69, 9.17) is 9.47 Å². The summed E-state index contributed by atoms with van der Waals surface area (Å²) in [4.78, 5) is 11.1. The van der Waals surface area contributed by atoms with E-state index >= 15 is 0 Å². The van der Waals surface area contributed by atoms with E-state index in [0.717, 1.165) is 6.42 Å². The lowest BCUT2D eigenvalue weighted by Crippen LogP contribution is -2.23. The Balaban J connectivity index is 3.34. The van der Waals surface area contributed by atoms with Gasteiger partial charge in [0.25, 0.3) is 0 Å². The Morgan fingerprint density at radius 3 is 2.50 bits per heavy atom. The minimum absolute atomic E-state index is 0.261. The first-order valence-corrected chi connectivity index (χ1v) is 5.50. The van der Waals surface area contributed by atoms with Gasteiger partial charge in [-0.05, 0) is 20.3 Å². The maximum Gasteiger partial charge on any atom is 0.334 e. The molecule has 3 heteroatoms. The minimum Gasteiger partial charge on any atom is -0.464 e. The van der Waals surface area contributed by atoms with Crippen molar-refractivity contribution in [3.8, 4) is 0 Å². The van der Waals surface area contributed by atoms with Crippen molar-refractivity contribution in [1.82, 2.24) is 0 Å². The Kier molecular flexibility index (Phi) is 8.64. The molecule has 0 spiro atoms. The molecule has 0 bridgehead atoms. The first kappa shape index (κ1) is 13.4. The van der Waals surface area contributed by atoms with E-state index in [0.29, 0.717) is 13.2 Å². The number of hydrogen-bond donors (Lipinski definition) is 0. The van der Waals surface area contributed by atoms with Gasteiger partial charge in [0.05, 0.1) is 6.61 Å². The summed E-state index contributed by atoms with van der Waals surface area (Å²) in [5.74, 6) is -0.261. The van der Waals surface area contributed by atoms with E-state index in [2.05, 4.69) is 6.92 Å². The molecule has 0 aliphatic rings. The van der Waals surface area contributed by atoms with Crippen LogP contribution in [0.15, 0.2) is 0 Å². The topological polar surface area (TPSA) is 35.5 Å². The van der Waals surface area contributed by atoms with Crippen LogP contribution in [0.3, 0.4) is 0 Å². The van der Waals surface area contributed by atoms with Gasteiger partial charge in [0.2, 0.25) is 0 Å². The average Bonchev–Trinajstić information content (AvgIpc) is 2.17. The lowest BCUT2D eigenvalue weighted by Gasteiger charge is -2.11. The molecule has 0 N–H and O–H groups in total. The van der Waals surface area contributed by atoms with Crippen LogP contribution < -0.4 is 0 Å². The number of ether oxygens (including phenoxy) is 2. The van der Waals surface area contributed by atoms with Gasteiger partial charge in [-0.1, -0.05) is 26.2 Å². The summed E-state index contributed by atoms with van der Waals surface area (Å²) >= 11 is 0. The number of carbonyl (C=O) groups is 1. The Bertz CT molecular complexity index is 145. The standard InChI is InChI=1S/C11H22O3/c1-4-6-7-8-9-14-10(3)11(12)13-5-2/h10H,4-9H2,1-3H3/t10-/m0/s1. The zero-order valence-corrected chi connectivity index (χ0v) is 9.54. The molecule has 0 aliphatic heterocycles. The molecule has 0 rings (SSSR count). The predicted molar refractivity (Wildman–Crippen MR) is 56.2 cm³/mol. The summed E-state index contributed by atoms with van der Waals surface area (Å²) in [5.41, 5.74) is 0. The fraction of sp³-hybridized carbons (Fsp3) is 0.909. The molecule has 3 nitrogen and oxygen atoms in total. The van der Waals surface area contributed by atoms with Crippen LogP contribution in [-0.2, 0) is 14.3 Å². The normalized spacial score (nSPS) is 12.5. The molecule has 0 aliphatic carbocycles. The third kappa shape index (κ3) is 6.89. The highest BCUT2D eigenvalue weighted by molar-refractivity contribution is 5.74. The van der Waals surface area contributed by atoms with Crippen molar-refractivity contribution in [2.45, 2.75) is 52.6 Å². The highest BCUT2D eigenvalue weighted by Crippen LogP contribution is 2.01. The van der Waals surface area contributed by atoms with E-state index in [-0.39, 0.29) is 5.97 Å². The molecular formula is C11H22O3. The number of rotatable bonds is 8. The Hall–Kier alpha value is -0.570. The first-order valence-electron chi connectivity index (χ1n) is 5.50. The second kappa shape index (κ2) is 9.00. The van der Waals surface area contributed by atoms with Crippen LogP contribution >= 0.6 is 0 Å². The van der Waals surface area contributed by atoms with Crippen LogP contribution in [0.4, 0.5) is 0 Å². The Morgan fingerprint density at radius 2 is 1.93 bits per heavy atom. The quantitative estimate of drug-likeness (QED) is 0.448. The molecule has 84 valence electrons. The van der Waals surface area contributed by atoms with Crippen molar-refractivity contribution in [2.75, 3.05) is 13.2 Å². The Labute approximate surface area is 86.8 Å². The van der Waals surface area contributed by atoms with Gasteiger partial charge < -0.3 is 9.47 Å². The average molecular weight is 202 g/mol. The number of carbonyl (C=O) groups excluding carboxylic acids is 1. The predicted octanol–water partition coefficient (Wildman–Crippen LogP) is 2.53. The molecule has 0 aromatic carbocycles. The summed E-state index contributed by atoms with van der Waals surface area (Å²) in [6.45, 7) is 6.77. The highest BCUT2D eigenvalue weighted by atomic mass is 16.6. The van der Waals surface area contributed by atoms with E-state index in [1.807, 2.05) is 0 Å². The van der Waals surface area contributed by atoms with Gasteiger partial charge in [-0.3, -0.25) is 0 Å². The maximum absolute atomic E-state index is 11.1. The molecule has 0 amide bonds. The Morgan fingerprint density at radius 1 is 1.21 bits per heavy atom. The van der Waals surface area contributed by atoms with Gasteiger partial charge in [0.15, 0.2) is 6.10 Å². The fourth-order valence-corrected chi connectivity index (χ4v) is 1.12. The number of hydrogen-bond acceptors (Lipinski definition) is 3. The van der Waals surface area contributed by atoms with E-state index in [1.165, 1.54) is 19.3 Å². The van der Waals surface area contributed by atoms with Gasteiger partial charge in [-0.15, -0.1) is 0 Å². The molecule has 0 fully saturated rings. The van der Waals surface area contributed by atoms with Crippen molar-refractivity contribution >= 4 is 5.97 Å². The molecule has 0 unspecified atom stereocenters. The van der Waals surface area contributed by atoms with Crippen molar-refractivity contribution in [3.63, 3.8) is 0 Å². The molecule has 0 aromatic heterocycles. The second-order valence-corrected chi connectivity index (χ2v) is 3.33. The number of esters is 1. The summed E-state index contributed by atoms with van der Waals surface area (Å²) in [7, 11) is 0. The van der Waals surface area contributed by atoms with Crippen molar-refractivity contribution in [1.29, 1.82) is 0 Å². The summed E-state index contributed by atoms with van der Waals surface area (Å²) < 4.78 is 10.1. The fourth-order valence-electron chi connectivity index (χ4n) is 1.12. The van der Waals surface area contributed by atoms with Crippen LogP contribution in [0.25, 0.3) is 0 Å². The third-order valence-corrected chi connectivity index (χ3v) is 1.98. The van der Waals surface area contributed by atoms with Crippen LogP contribution in [0.5, 0.6) is 0 Å². The second-order valence-electron chi connectivity index (χ2n) is 3.33. The van der Waals surface area contributed by atoms with Crippen molar-refractivity contribution < 1.29 is 14.3 Å². The summed E-state index contributed by atoms with van der Waals surface area (Å²) in [6, 6.07) is 0. The van der Waals surface area contributed by atoms with Crippen molar-refractivity contribution in [2.24, 2.45) is 0 Å². The van der Waals surface area contributed by atoms with Gasteiger partial charge in [0, 0.05) is 6.61 Å². The zero-order chi connectivity index (χ0) is 10.8. The van der Waals surface area contributed by atoms with Gasteiger partial charge >= 0.3 is 5.97 Å². The van der Waals surface area contributed by atoms with E-state index in [1.54, 1.807) is 13.8 Å². The number of unbranched alkanes of at least 4 members (excludes halogenated alkanes) is 3. The van der Waals surface area contributed by atoms with Crippen LogP contribution in [-0.4, -0.2) is 25.3 Å². The SMILES string of the molecule is CCCCCCO[C@@H](C)C(=O)OCC. The van der Waals surface area contributed by atoms with Gasteiger partial charge in [-0.25, -0.2) is 4.79 Å². The molecule has 14 heavy (non-hydrogen) atoms. The van der Waals surface area contributed by atoms with Crippen LogP contribution in [0, 0.1) is 0 Å². The minimum atomic E-state index is -0.420. The van der Waals surface area contributed by atoms with E-state index in [9.17, 15) is 4.79 Å². The summed E-state index contributed by atoms with van der Waals surface area (Å²) in [5, 5.41) is 0. The molecule has 0 saturated carbocycles. The smallest absolute Gasteiger partial charge is 0.334 e. The molecule has 0 radical (unpaired) electrons. The van der Waals surface area contributed by atoms with E-state index < -0.39 is 6.10 Å². The van der Waals surface area contributed by atoms with Crippen molar-refractivity contribution in [3.05, 3.63) is 0 Å². The van der Waals surface area contributed by atoms with Crippen LogP contribution in [0.2, 0.25) is 0 Å². The zero-order valence-electron chi connectivity index (χ0n) is 9.54. The molecular weight excluding hydrogens is 180 g/mol. The lowest BCUT2D eigenvalue weighted by atomic mass is 10.2.